The molecule has 1 aliphatic heterocycles. The van der Waals surface area contributed by atoms with Crippen LogP contribution in [-0.2, 0) is 22.6 Å². The molecule has 1 aliphatic rings. The van der Waals surface area contributed by atoms with E-state index in [9.17, 15) is 14.0 Å². The summed E-state index contributed by atoms with van der Waals surface area (Å²) in [4.78, 5) is 27.7. The Morgan fingerprint density at radius 1 is 1.32 bits per heavy atom. The summed E-state index contributed by atoms with van der Waals surface area (Å²) in [5.74, 6) is -0.0569. The summed E-state index contributed by atoms with van der Waals surface area (Å²) in [6.45, 7) is 1.26. The summed E-state index contributed by atoms with van der Waals surface area (Å²) < 4.78 is 18.2. The lowest BCUT2D eigenvalue weighted by Crippen LogP contribution is -2.51. The first kappa shape index (κ1) is 17.4. The molecule has 0 unspecified atom stereocenters. The van der Waals surface area contributed by atoms with Crippen LogP contribution in [0.4, 0.5) is 4.39 Å². The predicted octanol–water partition coefficient (Wildman–Crippen LogP) is 2.27. The average molecular weight is 366 g/mol. The normalized spacial score (nSPS) is 14.9. The number of hydrogen-bond acceptors (Lipinski definition) is 4. The monoisotopic (exact) mass is 365 g/mol. The van der Waals surface area contributed by atoms with Crippen LogP contribution in [0.3, 0.4) is 0 Å². The molecule has 132 valence electrons. The van der Waals surface area contributed by atoms with Gasteiger partial charge in [0.2, 0.25) is 11.8 Å². The summed E-state index contributed by atoms with van der Waals surface area (Å²) in [6, 6.07) is 7.73. The number of halogens is 2. The minimum absolute atomic E-state index is 0.0330. The van der Waals surface area contributed by atoms with E-state index in [1.165, 1.54) is 17.0 Å². The molecule has 0 bridgehead atoms. The van der Waals surface area contributed by atoms with Crippen LogP contribution >= 0.6 is 11.6 Å². The Morgan fingerprint density at radius 2 is 2.16 bits per heavy atom. The Kier molecular flexibility index (Phi) is 5.33. The van der Waals surface area contributed by atoms with Gasteiger partial charge in [0.05, 0.1) is 6.54 Å². The van der Waals surface area contributed by atoms with Crippen molar-refractivity contribution in [2.45, 2.75) is 19.4 Å². The largest absolute Gasteiger partial charge is 0.360 e. The van der Waals surface area contributed by atoms with Crippen LogP contribution in [0, 0.1) is 5.82 Å². The second kappa shape index (κ2) is 7.65. The number of aromatic nitrogens is 1. The quantitative estimate of drug-likeness (QED) is 0.815. The fraction of sp³-hybridized carbons (Fsp3) is 0.353. The molecule has 25 heavy (non-hydrogen) atoms. The molecule has 0 saturated carbocycles. The molecule has 6 nitrogen and oxygen atoms in total. The molecule has 2 heterocycles. The Labute approximate surface area is 149 Å². The van der Waals surface area contributed by atoms with Crippen molar-refractivity contribution in [3.8, 4) is 0 Å². The molecule has 0 radical (unpaired) electrons. The Morgan fingerprint density at radius 3 is 2.84 bits per heavy atom. The molecule has 0 spiro atoms. The van der Waals surface area contributed by atoms with Crippen molar-refractivity contribution in [3.05, 3.63) is 52.6 Å². The maximum absolute atomic E-state index is 13.2. The Hall–Kier alpha value is -2.41. The van der Waals surface area contributed by atoms with Crippen LogP contribution < -0.4 is 0 Å². The molecule has 1 fully saturated rings. The van der Waals surface area contributed by atoms with Gasteiger partial charge in [-0.15, -0.1) is 0 Å². The highest BCUT2D eigenvalue weighted by Gasteiger charge is 2.27. The first-order valence-electron chi connectivity index (χ1n) is 7.92. The first-order chi connectivity index (χ1) is 12.0. The van der Waals surface area contributed by atoms with Gasteiger partial charge < -0.3 is 14.3 Å². The number of amides is 2. The zero-order valence-electron chi connectivity index (χ0n) is 13.5. The van der Waals surface area contributed by atoms with Gasteiger partial charge in [0, 0.05) is 38.5 Å². The highest BCUT2D eigenvalue weighted by atomic mass is 35.5. The lowest BCUT2D eigenvalue weighted by atomic mass is 10.1. The Balaban J connectivity index is 1.50. The third-order valence-corrected chi connectivity index (χ3v) is 4.23. The Bertz CT molecular complexity index is 780. The molecule has 0 aliphatic carbocycles. The highest BCUT2D eigenvalue weighted by molar-refractivity contribution is 6.29. The number of nitrogens with zero attached hydrogens (tertiary/aromatic N) is 3. The lowest BCUT2D eigenvalue weighted by molar-refractivity contribution is -0.145. The maximum atomic E-state index is 13.2. The maximum Gasteiger partial charge on any atom is 0.242 e. The second-order valence-corrected chi connectivity index (χ2v) is 6.26. The third kappa shape index (κ3) is 4.57. The van der Waals surface area contributed by atoms with Gasteiger partial charge in [0.1, 0.15) is 11.6 Å². The van der Waals surface area contributed by atoms with E-state index in [2.05, 4.69) is 5.16 Å². The van der Waals surface area contributed by atoms with Crippen molar-refractivity contribution in [2.75, 3.05) is 19.6 Å². The molecular weight excluding hydrogens is 349 g/mol. The number of hydrogen-bond donors (Lipinski definition) is 0. The van der Waals surface area contributed by atoms with Gasteiger partial charge in [-0.1, -0.05) is 28.9 Å². The summed E-state index contributed by atoms with van der Waals surface area (Å²) in [5, 5.41) is 3.81. The molecule has 1 aromatic carbocycles. The molecule has 1 aromatic heterocycles. The second-order valence-electron chi connectivity index (χ2n) is 5.88. The van der Waals surface area contributed by atoms with Gasteiger partial charge in [-0.25, -0.2) is 4.39 Å². The molecule has 2 aromatic rings. The van der Waals surface area contributed by atoms with E-state index in [1.807, 2.05) is 0 Å². The van der Waals surface area contributed by atoms with Gasteiger partial charge in [-0.3, -0.25) is 9.59 Å². The number of carbonyl (C=O) groups is 2. The lowest BCUT2D eigenvalue weighted by Gasteiger charge is -2.34. The summed E-state index contributed by atoms with van der Waals surface area (Å²) in [5.41, 5.74) is 0.732. The molecule has 8 heteroatoms. The van der Waals surface area contributed by atoms with Crippen molar-refractivity contribution < 1.29 is 18.5 Å². The number of carbonyl (C=O) groups excluding carboxylic acids is 2. The molecule has 2 amide bonds. The van der Waals surface area contributed by atoms with Crippen LogP contribution in [-0.4, -0.2) is 46.4 Å². The van der Waals surface area contributed by atoms with Crippen molar-refractivity contribution in [3.63, 3.8) is 0 Å². The highest BCUT2D eigenvalue weighted by Crippen LogP contribution is 2.14. The van der Waals surface area contributed by atoms with Crippen LogP contribution in [0.15, 0.2) is 34.9 Å². The molecule has 3 rings (SSSR count). The molecular formula is C17H17ClFN3O3. The van der Waals surface area contributed by atoms with Crippen LogP contribution in [0.25, 0.3) is 0 Å². The number of piperazine rings is 1. The SMILES string of the molecule is O=C(CCc1cc(Cl)no1)N1CCN(Cc2cccc(F)c2)C(=O)C1. The van der Waals surface area contributed by atoms with E-state index in [1.54, 1.807) is 23.1 Å². The summed E-state index contributed by atoms with van der Waals surface area (Å²) in [6.07, 6.45) is 0.610. The van der Waals surface area contributed by atoms with E-state index in [4.69, 9.17) is 16.1 Å². The molecule has 0 N–H and O–H groups in total. The number of benzene rings is 1. The van der Waals surface area contributed by atoms with E-state index >= 15 is 0 Å². The summed E-state index contributed by atoms with van der Waals surface area (Å²) >= 11 is 5.66. The minimum Gasteiger partial charge on any atom is -0.360 e. The number of rotatable bonds is 5. The van der Waals surface area contributed by atoms with Gasteiger partial charge in [-0.2, -0.15) is 0 Å². The van der Waals surface area contributed by atoms with Crippen LogP contribution in [0.5, 0.6) is 0 Å². The smallest absolute Gasteiger partial charge is 0.242 e. The molecule has 0 atom stereocenters. The van der Waals surface area contributed by atoms with Crippen LogP contribution in [0.2, 0.25) is 5.15 Å². The van der Waals surface area contributed by atoms with Gasteiger partial charge >= 0.3 is 0 Å². The topological polar surface area (TPSA) is 66.7 Å². The first-order valence-corrected chi connectivity index (χ1v) is 8.30. The average Bonchev–Trinajstić information content (AvgIpc) is 3.00. The third-order valence-electron chi connectivity index (χ3n) is 4.05. The van der Waals surface area contributed by atoms with Gasteiger partial charge in [0.15, 0.2) is 5.15 Å². The van der Waals surface area contributed by atoms with Crippen LogP contribution in [0.1, 0.15) is 17.7 Å². The summed E-state index contributed by atoms with van der Waals surface area (Å²) in [7, 11) is 0. The van der Waals surface area contributed by atoms with Crippen molar-refractivity contribution in [1.29, 1.82) is 0 Å². The fourth-order valence-corrected chi connectivity index (χ4v) is 2.89. The standard InChI is InChI=1S/C17H17ClFN3O3/c18-15-9-14(25-20-15)4-5-16(23)22-7-6-21(17(24)11-22)10-12-2-1-3-13(19)8-12/h1-3,8-9H,4-7,10-11H2. The number of aryl methyl sites for hydroxylation is 1. The van der Waals surface area contributed by atoms with E-state index in [0.717, 1.165) is 5.56 Å². The van der Waals surface area contributed by atoms with Crippen molar-refractivity contribution in [1.82, 2.24) is 15.0 Å². The zero-order chi connectivity index (χ0) is 17.8. The van der Waals surface area contributed by atoms with Crippen molar-refractivity contribution in [2.24, 2.45) is 0 Å². The van der Waals surface area contributed by atoms with E-state index < -0.39 is 0 Å². The van der Waals surface area contributed by atoms with Gasteiger partial charge in [0.25, 0.3) is 0 Å². The van der Waals surface area contributed by atoms with Gasteiger partial charge in [-0.05, 0) is 17.7 Å². The predicted molar refractivity (Wildman–Crippen MR) is 88.2 cm³/mol. The van der Waals surface area contributed by atoms with Crippen molar-refractivity contribution >= 4 is 23.4 Å². The fourth-order valence-electron chi connectivity index (χ4n) is 2.74. The molecule has 1 saturated heterocycles. The van der Waals surface area contributed by atoms with E-state index in [-0.39, 0.29) is 35.8 Å². The minimum atomic E-state index is -0.328. The van der Waals surface area contributed by atoms with E-state index in [0.29, 0.717) is 31.8 Å². The zero-order valence-corrected chi connectivity index (χ0v) is 14.2.